The summed E-state index contributed by atoms with van der Waals surface area (Å²) in [6, 6.07) is 13.1. The van der Waals surface area contributed by atoms with Crippen molar-refractivity contribution in [3.8, 4) is 0 Å². The van der Waals surface area contributed by atoms with Gasteiger partial charge in [-0.25, -0.2) is 4.39 Å². The SMILES string of the molecule is NC(=NCC(c1cccc(F)c1)N1CCOCC1)Nc1cccc2c1CCCC2. The monoisotopic (exact) mass is 396 g/mol. The van der Waals surface area contributed by atoms with Crippen molar-refractivity contribution >= 4 is 11.6 Å². The molecule has 2 aromatic carbocycles. The Labute approximate surface area is 171 Å². The maximum Gasteiger partial charge on any atom is 0.193 e. The molecule has 0 bridgehead atoms. The highest BCUT2D eigenvalue weighted by Crippen LogP contribution is 2.28. The highest BCUT2D eigenvalue weighted by atomic mass is 19.1. The molecule has 6 heteroatoms. The molecule has 154 valence electrons. The molecule has 0 spiro atoms. The van der Waals surface area contributed by atoms with Crippen LogP contribution in [0.25, 0.3) is 0 Å². The largest absolute Gasteiger partial charge is 0.379 e. The number of benzene rings is 2. The number of morpholine rings is 1. The van der Waals surface area contributed by atoms with Gasteiger partial charge in [0.05, 0.1) is 25.8 Å². The first-order chi connectivity index (χ1) is 14.2. The third-order valence-corrected chi connectivity index (χ3v) is 5.81. The van der Waals surface area contributed by atoms with Crippen molar-refractivity contribution in [2.75, 3.05) is 38.2 Å². The van der Waals surface area contributed by atoms with E-state index in [2.05, 4.69) is 33.4 Å². The molecule has 2 aliphatic rings. The summed E-state index contributed by atoms with van der Waals surface area (Å²) in [4.78, 5) is 6.92. The Kier molecular flexibility index (Phi) is 6.42. The second-order valence-corrected chi connectivity index (χ2v) is 7.72. The Bertz CT molecular complexity index is 864. The highest BCUT2D eigenvalue weighted by molar-refractivity contribution is 5.93. The van der Waals surface area contributed by atoms with Crippen LogP contribution in [0.1, 0.15) is 35.6 Å². The maximum absolute atomic E-state index is 13.8. The number of fused-ring (bicyclic) bond motifs is 1. The van der Waals surface area contributed by atoms with Crippen LogP contribution in [0, 0.1) is 5.82 Å². The molecule has 0 aromatic heterocycles. The molecule has 3 N–H and O–H groups in total. The number of halogens is 1. The molecular weight excluding hydrogens is 367 g/mol. The summed E-state index contributed by atoms with van der Waals surface area (Å²) in [5, 5.41) is 3.30. The number of hydrogen-bond donors (Lipinski definition) is 2. The summed E-state index contributed by atoms with van der Waals surface area (Å²) >= 11 is 0. The Hall–Kier alpha value is -2.44. The second-order valence-electron chi connectivity index (χ2n) is 7.72. The lowest BCUT2D eigenvalue weighted by atomic mass is 9.90. The number of rotatable bonds is 5. The molecule has 1 heterocycles. The smallest absolute Gasteiger partial charge is 0.193 e. The van der Waals surface area contributed by atoms with Gasteiger partial charge in [0.25, 0.3) is 0 Å². The van der Waals surface area contributed by atoms with Gasteiger partial charge in [0, 0.05) is 18.8 Å². The average molecular weight is 397 g/mol. The molecule has 1 fully saturated rings. The molecule has 1 saturated heterocycles. The second kappa shape index (κ2) is 9.37. The molecule has 1 unspecified atom stereocenters. The molecule has 1 atom stereocenters. The van der Waals surface area contributed by atoms with Crippen LogP contribution >= 0.6 is 0 Å². The number of anilines is 1. The van der Waals surface area contributed by atoms with Crippen molar-refractivity contribution in [3.05, 3.63) is 65.0 Å². The van der Waals surface area contributed by atoms with E-state index in [0.717, 1.165) is 37.2 Å². The predicted molar refractivity (Wildman–Crippen MR) is 115 cm³/mol. The normalized spacial score (nSPS) is 18.9. The van der Waals surface area contributed by atoms with Gasteiger partial charge in [-0.2, -0.15) is 0 Å². The average Bonchev–Trinajstić information content (AvgIpc) is 2.75. The number of nitrogens with two attached hydrogens (primary N) is 1. The zero-order valence-electron chi connectivity index (χ0n) is 16.7. The van der Waals surface area contributed by atoms with Crippen LogP contribution in [0.4, 0.5) is 10.1 Å². The van der Waals surface area contributed by atoms with Crippen LogP contribution in [0.15, 0.2) is 47.5 Å². The molecule has 2 aromatic rings. The van der Waals surface area contributed by atoms with E-state index in [0.29, 0.717) is 25.7 Å². The fourth-order valence-corrected chi connectivity index (χ4v) is 4.30. The van der Waals surface area contributed by atoms with Crippen LogP contribution < -0.4 is 11.1 Å². The third kappa shape index (κ3) is 4.95. The molecule has 1 aliphatic carbocycles. The Morgan fingerprint density at radius 3 is 2.76 bits per heavy atom. The minimum absolute atomic E-state index is 0.0281. The molecule has 4 rings (SSSR count). The summed E-state index contributed by atoms with van der Waals surface area (Å²) < 4.78 is 19.3. The zero-order valence-corrected chi connectivity index (χ0v) is 16.7. The van der Waals surface area contributed by atoms with Crippen molar-refractivity contribution in [1.29, 1.82) is 0 Å². The summed E-state index contributed by atoms with van der Waals surface area (Å²) in [6.07, 6.45) is 4.66. The van der Waals surface area contributed by atoms with Crippen molar-refractivity contribution in [2.24, 2.45) is 10.7 Å². The van der Waals surface area contributed by atoms with E-state index in [1.165, 1.54) is 30.0 Å². The first-order valence-corrected chi connectivity index (χ1v) is 10.5. The van der Waals surface area contributed by atoms with Crippen molar-refractivity contribution in [1.82, 2.24) is 4.90 Å². The fraction of sp³-hybridized carbons (Fsp3) is 0.435. The molecule has 0 saturated carbocycles. The molecule has 5 nitrogen and oxygen atoms in total. The van der Waals surface area contributed by atoms with Crippen LogP contribution in [-0.4, -0.2) is 43.7 Å². The number of nitrogens with one attached hydrogen (secondary N) is 1. The lowest BCUT2D eigenvalue weighted by molar-refractivity contribution is 0.0179. The number of hydrogen-bond acceptors (Lipinski definition) is 3. The van der Waals surface area contributed by atoms with Gasteiger partial charge in [0.15, 0.2) is 5.96 Å². The van der Waals surface area contributed by atoms with Gasteiger partial charge in [0.1, 0.15) is 5.82 Å². The number of nitrogens with zero attached hydrogens (tertiary/aromatic N) is 2. The zero-order chi connectivity index (χ0) is 20.1. The third-order valence-electron chi connectivity index (χ3n) is 5.81. The quantitative estimate of drug-likeness (QED) is 0.600. The predicted octanol–water partition coefficient (Wildman–Crippen LogP) is 3.50. The molecule has 0 radical (unpaired) electrons. The van der Waals surface area contributed by atoms with Crippen LogP contribution in [0.3, 0.4) is 0 Å². The van der Waals surface area contributed by atoms with E-state index in [-0.39, 0.29) is 11.9 Å². The number of ether oxygens (including phenoxy) is 1. The number of aryl methyl sites for hydroxylation is 1. The van der Waals surface area contributed by atoms with E-state index in [1.807, 2.05) is 6.07 Å². The van der Waals surface area contributed by atoms with Gasteiger partial charge in [-0.1, -0.05) is 24.3 Å². The van der Waals surface area contributed by atoms with Crippen molar-refractivity contribution in [2.45, 2.75) is 31.7 Å². The van der Waals surface area contributed by atoms with Gasteiger partial charge in [0.2, 0.25) is 0 Å². The van der Waals surface area contributed by atoms with E-state index < -0.39 is 0 Å². The van der Waals surface area contributed by atoms with Gasteiger partial charge in [-0.15, -0.1) is 0 Å². The molecular formula is C23H29FN4O. The fourth-order valence-electron chi connectivity index (χ4n) is 4.30. The number of aliphatic imine (C=N–C) groups is 1. The van der Waals surface area contributed by atoms with Gasteiger partial charge in [-0.05, 0) is 60.6 Å². The summed E-state index contributed by atoms with van der Waals surface area (Å²) in [5.74, 6) is 0.172. The summed E-state index contributed by atoms with van der Waals surface area (Å²) in [7, 11) is 0. The summed E-state index contributed by atoms with van der Waals surface area (Å²) in [6.45, 7) is 3.43. The number of guanidine groups is 1. The van der Waals surface area contributed by atoms with Crippen LogP contribution in [-0.2, 0) is 17.6 Å². The van der Waals surface area contributed by atoms with Crippen molar-refractivity contribution < 1.29 is 9.13 Å². The minimum atomic E-state index is -0.230. The Balaban J connectivity index is 1.51. The lowest BCUT2D eigenvalue weighted by Crippen LogP contribution is -2.40. The highest BCUT2D eigenvalue weighted by Gasteiger charge is 2.23. The Morgan fingerprint density at radius 1 is 1.14 bits per heavy atom. The topological polar surface area (TPSA) is 62.9 Å². The van der Waals surface area contributed by atoms with E-state index in [1.54, 1.807) is 12.1 Å². The van der Waals surface area contributed by atoms with Gasteiger partial charge >= 0.3 is 0 Å². The van der Waals surface area contributed by atoms with Crippen LogP contribution in [0.2, 0.25) is 0 Å². The summed E-state index contributed by atoms with van der Waals surface area (Å²) in [5.41, 5.74) is 11.0. The van der Waals surface area contributed by atoms with Crippen LogP contribution in [0.5, 0.6) is 0 Å². The first-order valence-electron chi connectivity index (χ1n) is 10.5. The van der Waals surface area contributed by atoms with Gasteiger partial charge < -0.3 is 15.8 Å². The standard InChI is InChI=1S/C23H29FN4O/c24-19-8-3-7-18(15-19)22(28-11-13-29-14-12-28)16-26-23(25)27-21-10-4-6-17-5-1-2-9-20(17)21/h3-4,6-8,10,15,22H,1-2,5,9,11-14,16H2,(H3,25,26,27). The Morgan fingerprint density at radius 2 is 1.93 bits per heavy atom. The molecule has 1 aliphatic heterocycles. The first kappa shape index (κ1) is 19.9. The van der Waals surface area contributed by atoms with E-state index in [9.17, 15) is 4.39 Å². The van der Waals surface area contributed by atoms with E-state index in [4.69, 9.17) is 10.5 Å². The van der Waals surface area contributed by atoms with Crippen molar-refractivity contribution in [3.63, 3.8) is 0 Å². The van der Waals surface area contributed by atoms with Gasteiger partial charge in [-0.3, -0.25) is 9.89 Å². The minimum Gasteiger partial charge on any atom is -0.379 e. The maximum atomic E-state index is 13.8. The lowest BCUT2D eigenvalue weighted by Gasteiger charge is -2.34. The van der Waals surface area contributed by atoms with E-state index >= 15 is 0 Å². The molecule has 29 heavy (non-hydrogen) atoms. The molecule has 0 amide bonds.